The van der Waals surface area contributed by atoms with Crippen molar-refractivity contribution in [3.8, 4) is 0 Å². The van der Waals surface area contributed by atoms with Crippen LogP contribution in [0.5, 0.6) is 0 Å². The molecule has 1 aliphatic rings. The average Bonchev–Trinajstić information content (AvgIpc) is 2.56. The molecular weight excluding hydrogens is 334 g/mol. The molecule has 1 saturated carbocycles. The predicted octanol–water partition coefficient (Wildman–Crippen LogP) is 0.340. The highest BCUT2D eigenvalue weighted by Crippen LogP contribution is 2.35. The molecule has 0 spiro atoms. The maximum Gasteiger partial charge on any atom is 0.260 e. The van der Waals surface area contributed by atoms with E-state index in [-0.39, 0.29) is 15.2 Å². The molecule has 0 unspecified atom stereocenters. The van der Waals surface area contributed by atoms with E-state index in [0.717, 1.165) is 19.3 Å². The number of likely N-dealkylation sites (N-methyl/N-ethyl adjacent to an activating group) is 1. The van der Waals surface area contributed by atoms with Crippen LogP contribution in [0, 0.1) is 0 Å². The Labute approximate surface area is 121 Å². The van der Waals surface area contributed by atoms with Gasteiger partial charge in [0.25, 0.3) is 10.0 Å². The van der Waals surface area contributed by atoms with Gasteiger partial charge < -0.3 is 4.90 Å². The van der Waals surface area contributed by atoms with Crippen molar-refractivity contribution in [3.05, 3.63) is 4.60 Å². The molecule has 0 radical (unpaired) electrons. The summed E-state index contributed by atoms with van der Waals surface area (Å²) in [6, 6.07) is 0. The summed E-state index contributed by atoms with van der Waals surface area (Å²) in [7, 11) is 1.91. The first-order valence-corrected chi connectivity index (χ1v) is 8.28. The summed E-state index contributed by atoms with van der Waals surface area (Å²) >= 11 is 3.11. The molecule has 19 heavy (non-hydrogen) atoms. The van der Waals surface area contributed by atoms with Gasteiger partial charge in [-0.1, -0.05) is 5.21 Å². The van der Waals surface area contributed by atoms with Gasteiger partial charge >= 0.3 is 0 Å². The molecule has 0 aromatic carbocycles. The standard InChI is InChI=1S/C10H18BrN5O2S/c1-15(2)10(5-4-6-10)7-12-19(17,18)9-8(11)13-14-16(9)3/h12H,4-7H2,1-3H3. The normalized spacial score (nSPS) is 18.6. The van der Waals surface area contributed by atoms with Gasteiger partial charge in [0.15, 0.2) is 4.60 Å². The lowest BCUT2D eigenvalue weighted by molar-refractivity contribution is 0.0656. The number of halogens is 1. The maximum absolute atomic E-state index is 12.3. The molecule has 9 heteroatoms. The van der Waals surface area contributed by atoms with Crippen LogP contribution in [-0.2, 0) is 17.1 Å². The van der Waals surface area contributed by atoms with Gasteiger partial charge in [0, 0.05) is 19.1 Å². The lowest BCUT2D eigenvalue weighted by Gasteiger charge is -2.47. The third-order valence-electron chi connectivity index (χ3n) is 3.82. The molecule has 1 N–H and O–H groups in total. The second-order valence-corrected chi connectivity index (χ2v) is 7.54. The molecule has 2 rings (SSSR count). The van der Waals surface area contributed by atoms with Crippen molar-refractivity contribution in [2.24, 2.45) is 7.05 Å². The topological polar surface area (TPSA) is 80.1 Å². The van der Waals surface area contributed by atoms with Gasteiger partial charge in [-0.2, -0.15) is 0 Å². The van der Waals surface area contributed by atoms with Crippen LogP contribution in [0.4, 0.5) is 0 Å². The Morgan fingerprint density at radius 2 is 2.11 bits per heavy atom. The smallest absolute Gasteiger partial charge is 0.260 e. The monoisotopic (exact) mass is 351 g/mol. The van der Waals surface area contributed by atoms with Crippen LogP contribution in [0.2, 0.25) is 0 Å². The number of nitrogens with zero attached hydrogens (tertiary/aromatic N) is 4. The van der Waals surface area contributed by atoms with Crippen LogP contribution < -0.4 is 4.72 Å². The van der Waals surface area contributed by atoms with Gasteiger partial charge in [-0.25, -0.2) is 17.8 Å². The highest BCUT2D eigenvalue weighted by atomic mass is 79.9. The predicted molar refractivity (Wildman–Crippen MR) is 74.2 cm³/mol. The zero-order chi connectivity index (χ0) is 14.3. The minimum atomic E-state index is -3.61. The van der Waals surface area contributed by atoms with Gasteiger partial charge in [0.1, 0.15) is 0 Å². The summed E-state index contributed by atoms with van der Waals surface area (Å²) in [5, 5.41) is 7.44. The largest absolute Gasteiger partial charge is 0.302 e. The lowest BCUT2D eigenvalue weighted by atomic mass is 9.76. The molecule has 0 amide bonds. The number of aromatic nitrogens is 3. The van der Waals surface area contributed by atoms with Crippen molar-refractivity contribution in [1.29, 1.82) is 0 Å². The van der Waals surface area contributed by atoms with Gasteiger partial charge in [-0.15, -0.1) is 5.10 Å². The van der Waals surface area contributed by atoms with Gasteiger partial charge in [-0.05, 0) is 49.3 Å². The van der Waals surface area contributed by atoms with Gasteiger partial charge in [0.05, 0.1) is 0 Å². The Bertz CT molecular complexity index is 545. The van der Waals surface area contributed by atoms with E-state index < -0.39 is 10.0 Å². The van der Waals surface area contributed by atoms with E-state index in [4.69, 9.17) is 0 Å². The molecule has 1 aliphatic carbocycles. The molecule has 0 aliphatic heterocycles. The van der Waals surface area contributed by atoms with E-state index in [9.17, 15) is 8.42 Å². The second kappa shape index (κ2) is 5.12. The number of nitrogens with one attached hydrogen (secondary N) is 1. The molecule has 0 atom stereocenters. The first kappa shape index (κ1) is 14.9. The SMILES string of the molecule is CN(C)C1(CNS(=O)(=O)c2c(Br)nnn2C)CCC1. The van der Waals surface area contributed by atoms with E-state index >= 15 is 0 Å². The number of sulfonamides is 1. The lowest BCUT2D eigenvalue weighted by Crippen LogP contribution is -2.57. The highest BCUT2D eigenvalue weighted by molar-refractivity contribution is 9.10. The Kier molecular flexibility index (Phi) is 4.01. The second-order valence-electron chi connectivity index (χ2n) is 5.11. The number of aryl methyl sites for hydroxylation is 1. The summed E-state index contributed by atoms with van der Waals surface area (Å²) < 4.78 is 28.7. The van der Waals surface area contributed by atoms with Crippen LogP contribution in [-0.4, -0.2) is 54.5 Å². The molecule has 1 aromatic heterocycles. The fraction of sp³-hybridized carbons (Fsp3) is 0.800. The van der Waals surface area contributed by atoms with Crippen LogP contribution >= 0.6 is 15.9 Å². The van der Waals surface area contributed by atoms with Gasteiger partial charge in [0.2, 0.25) is 5.03 Å². The molecule has 7 nitrogen and oxygen atoms in total. The van der Waals surface area contributed by atoms with E-state index in [0.29, 0.717) is 6.54 Å². The van der Waals surface area contributed by atoms with Crippen molar-refractivity contribution in [1.82, 2.24) is 24.6 Å². The molecule has 108 valence electrons. The first-order valence-electron chi connectivity index (χ1n) is 6.01. The minimum absolute atomic E-state index is 0.0562. The van der Waals surface area contributed by atoms with Gasteiger partial charge in [-0.3, -0.25) is 0 Å². The summed E-state index contributed by atoms with van der Waals surface area (Å²) in [5.74, 6) is 0. The van der Waals surface area contributed by atoms with E-state index in [1.54, 1.807) is 7.05 Å². The molecule has 0 bridgehead atoms. The number of hydrogen-bond donors (Lipinski definition) is 1. The quantitative estimate of drug-likeness (QED) is 0.827. The fourth-order valence-corrected chi connectivity index (χ4v) is 4.48. The van der Waals surface area contributed by atoms with Crippen molar-refractivity contribution in [2.45, 2.75) is 29.8 Å². The molecule has 1 heterocycles. The third-order valence-corrected chi connectivity index (χ3v) is 6.10. The Morgan fingerprint density at radius 1 is 1.47 bits per heavy atom. The Balaban J connectivity index is 2.15. The van der Waals surface area contributed by atoms with Crippen LogP contribution in [0.25, 0.3) is 0 Å². The minimum Gasteiger partial charge on any atom is -0.302 e. The molecule has 1 aromatic rings. The fourth-order valence-electron chi connectivity index (χ4n) is 2.27. The van der Waals surface area contributed by atoms with Crippen molar-refractivity contribution >= 4 is 26.0 Å². The summed E-state index contributed by atoms with van der Waals surface area (Å²) in [4.78, 5) is 2.09. The number of hydrogen-bond acceptors (Lipinski definition) is 5. The Morgan fingerprint density at radius 3 is 2.47 bits per heavy atom. The highest BCUT2D eigenvalue weighted by Gasteiger charge is 2.40. The zero-order valence-corrected chi connectivity index (χ0v) is 13.6. The maximum atomic E-state index is 12.3. The molecule has 0 saturated heterocycles. The van der Waals surface area contributed by atoms with Crippen LogP contribution in [0.1, 0.15) is 19.3 Å². The van der Waals surface area contributed by atoms with Crippen LogP contribution in [0.3, 0.4) is 0 Å². The molecular formula is C10H18BrN5O2S. The average molecular weight is 352 g/mol. The number of rotatable bonds is 5. The first-order chi connectivity index (χ1) is 8.78. The van der Waals surface area contributed by atoms with Crippen molar-refractivity contribution < 1.29 is 8.42 Å². The van der Waals surface area contributed by atoms with Crippen molar-refractivity contribution in [3.63, 3.8) is 0 Å². The summed E-state index contributed by atoms with van der Waals surface area (Å²) in [5.41, 5.74) is -0.0639. The van der Waals surface area contributed by atoms with E-state index in [1.807, 2.05) is 14.1 Å². The zero-order valence-electron chi connectivity index (χ0n) is 11.2. The Hall–Kier alpha value is -0.510. The van der Waals surface area contributed by atoms with Crippen molar-refractivity contribution in [2.75, 3.05) is 20.6 Å². The third kappa shape index (κ3) is 2.69. The summed E-state index contributed by atoms with van der Waals surface area (Å²) in [6.07, 6.45) is 3.15. The van der Waals surface area contributed by atoms with E-state index in [2.05, 4.69) is 35.9 Å². The van der Waals surface area contributed by atoms with E-state index in [1.165, 1.54) is 4.68 Å². The molecule has 1 fully saturated rings. The summed E-state index contributed by atoms with van der Waals surface area (Å²) in [6.45, 7) is 0.403. The van der Waals surface area contributed by atoms with Crippen LogP contribution in [0.15, 0.2) is 9.63 Å².